The van der Waals surface area contributed by atoms with Gasteiger partial charge in [0, 0.05) is 19.1 Å². The Morgan fingerprint density at radius 2 is 1.89 bits per heavy atom. The van der Waals surface area contributed by atoms with E-state index < -0.39 is 17.5 Å². The monoisotopic (exact) mass is 294 g/mol. The van der Waals surface area contributed by atoms with E-state index in [9.17, 15) is 13.2 Å². The molecule has 2 nitrogen and oxygen atoms in total. The van der Waals surface area contributed by atoms with Crippen LogP contribution in [0.3, 0.4) is 0 Å². The standard InChI is InChI=1S/C13H17F3N2.ClH/c1-17-10-3-2-4-18(8-10)7-9-5-11(14)13(16)12(15)6-9;/h5-6,10,17H,2-4,7-8H2,1H3;1H. The van der Waals surface area contributed by atoms with E-state index in [2.05, 4.69) is 10.2 Å². The fourth-order valence-electron chi connectivity index (χ4n) is 2.39. The van der Waals surface area contributed by atoms with Crippen molar-refractivity contribution < 1.29 is 13.2 Å². The van der Waals surface area contributed by atoms with Crippen molar-refractivity contribution in [1.82, 2.24) is 10.2 Å². The van der Waals surface area contributed by atoms with Gasteiger partial charge in [0.2, 0.25) is 0 Å². The van der Waals surface area contributed by atoms with Gasteiger partial charge in [0.15, 0.2) is 17.5 Å². The first-order valence-electron chi connectivity index (χ1n) is 6.13. The first kappa shape index (κ1) is 16.3. The Labute approximate surface area is 117 Å². The molecule has 0 aromatic heterocycles. The van der Waals surface area contributed by atoms with E-state index in [1.807, 2.05) is 7.05 Å². The second kappa shape index (κ2) is 7.12. The third-order valence-electron chi connectivity index (χ3n) is 3.36. The zero-order valence-corrected chi connectivity index (χ0v) is 11.6. The highest BCUT2D eigenvalue weighted by Gasteiger charge is 2.19. The molecule has 0 amide bonds. The van der Waals surface area contributed by atoms with Crippen molar-refractivity contribution >= 4 is 12.4 Å². The SMILES string of the molecule is CNC1CCCN(Cc2cc(F)c(F)c(F)c2)C1.Cl. The lowest BCUT2D eigenvalue weighted by molar-refractivity contribution is 0.187. The number of rotatable bonds is 3. The highest BCUT2D eigenvalue weighted by Crippen LogP contribution is 2.17. The lowest BCUT2D eigenvalue weighted by Crippen LogP contribution is -2.43. The van der Waals surface area contributed by atoms with E-state index in [1.54, 1.807) is 0 Å². The van der Waals surface area contributed by atoms with Crippen molar-refractivity contribution in [1.29, 1.82) is 0 Å². The molecule has 0 bridgehead atoms. The molecule has 1 aromatic rings. The molecule has 1 saturated heterocycles. The number of nitrogens with zero attached hydrogens (tertiary/aromatic N) is 1. The molecule has 1 N–H and O–H groups in total. The number of halogens is 4. The molecule has 6 heteroatoms. The van der Waals surface area contributed by atoms with Crippen LogP contribution in [0.15, 0.2) is 12.1 Å². The van der Waals surface area contributed by atoms with Crippen molar-refractivity contribution in [2.75, 3.05) is 20.1 Å². The van der Waals surface area contributed by atoms with Crippen LogP contribution < -0.4 is 5.32 Å². The zero-order chi connectivity index (χ0) is 13.1. The van der Waals surface area contributed by atoms with Crippen LogP contribution in [0.25, 0.3) is 0 Å². The topological polar surface area (TPSA) is 15.3 Å². The summed E-state index contributed by atoms with van der Waals surface area (Å²) in [7, 11) is 1.91. The average molecular weight is 295 g/mol. The van der Waals surface area contributed by atoms with Gasteiger partial charge >= 0.3 is 0 Å². The number of nitrogens with one attached hydrogen (secondary N) is 1. The Kier molecular flexibility index (Phi) is 6.10. The first-order chi connectivity index (χ1) is 8.60. The number of hydrogen-bond acceptors (Lipinski definition) is 2. The fourth-order valence-corrected chi connectivity index (χ4v) is 2.39. The van der Waals surface area contributed by atoms with Gasteiger partial charge in [0.05, 0.1) is 0 Å². The van der Waals surface area contributed by atoms with Crippen molar-refractivity contribution in [2.45, 2.75) is 25.4 Å². The van der Waals surface area contributed by atoms with Gasteiger partial charge in [0.1, 0.15) is 0 Å². The van der Waals surface area contributed by atoms with Crippen LogP contribution in [0.1, 0.15) is 18.4 Å². The largest absolute Gasteiger partial charge is 0.316 e. The maximum absolute atomic E-state index is 13.1. The molecule has 0 aliphatic carbocycles. The summed E-state index contributed by atoms with van der Waals surface area (Å²) in [6.45, 7) is 2.20. The zero-order valence-electron chi connectivity index (χ0n) is 10.8. The molecule has 1 atom stereocenters. The molecular weight excluding hydrogens is 277 g/mol. The Morgan fingerprint density at radius 1 is 1.26 bits per heavy atom. The Balaban J connectivity index is 0.00000180. The van der Waals surface area contributed by atoms with Crippen LogP contribution in [0.5, 0.6) is 0 Å². The number of hydrogen-bond donors (Lipinski definition) is 1. The minimum atomic E-state index is -1.40. The normalized spacial score (nSPS) is 20.1. The van der Waals surface area contributed by atoms with E-state index in [0.717, 1.165) is 38.1 Å². The summed E-state index contributed by atoms with van der Waals surface area (Å²) < 4.78 is 39.0. The summed E-state index contributed by atoms with van der Waals surface area (Å²) >= 11 is 0. The second-order valence-electron chi connectivity index (χ2n) is 4.74. The van der Waals surface area contributed by atoms with Crippen molar-refractivity contribution in [3.63, 3.8) is 0 Å². The minimum Gasteiger partial charge on any atom is -0.316 e. The van der Waals surface area contributed by atoms with Crippen molar-refractivity contribution in [2.24, 2.45) is 0 Å². The maximum atomic E-state index is 13.1. The van der Waals surface area contributed by atoms with Crippen LogP contribution in [0, 0.1) is 17.5 Å². The quantitative estimate of drug-likeness (QED) is 0.863. The smallest absolute Gasteiger partial charge is 0.194 e. The molecule has 0 spiro atoms. The van der Waals surface area contributed by atoms with E-state index in [4.69, 9.17) is 0 Å². The average Bonchev–Trinajstić information content (AvgIpc) is 2.36. The summed E-state index contributed by atoms with van der Waals surface area (Å²) in [5, 5.41) is 3.20. The van der Waals surface area contributed by atoms with Gasteiger partial charge in [-0.3, -0.25) is 4.90 Å². The van der Waals surface area contributed by atoms with Gasteiger partial charge in [-0.25, -0.2) is 13.2 Å². The van der Waals surface area contributed by atoms with Crippen LogP contribution in [-0.4, -0.2) is 31.1 Å². The molecular formula is C13H18ClF3N2. The molecule has 1 aliphatic heterocycles. The molecule has 1 fully saturated rings. The van der Waals surface area contributed by atoms with Crippen LogP contribution in [-0.2, 0) is 6.54 Å². The molecule has 1 aromatic carbocycles. The van der Waals surface area contributed by atoms with Crippen LogP contribution in [0.2, 0.25) is 0 Å². The van der Waals surface area contributed by atoms with E-state index in [1.165, 1.54) is 0 Å². The number of piperidine rings is 1. The highest BCUT2D eigenvalue weighted by atomic mass is 35.5. The molecule has 1 heterocycles. The van der Waals surface area contributed by atoms with Gasteiger partial charge in [-0.15, -0.1) is 12.4 Å². The van der Waals surface area contributed by atoms with Crippen LogP contribution in [0.4, 0.5) is 13.2 Å². The van der Waals surface area contributed by atoms with Gasteiger partial charge in [-0.2, -0.15) is 0 Å². The lowest BCUT2D eigenvalue weighted by Gasteiger charge is -2.32. The lowest BCUT2D eigenvalue weighted by atomic mass is 10.0. The molecule has 19 heavy (non-hydrogen) atoms. The second-order valence-corrected chi connectivity index (χ2v) is 4.74. The summed E-state index contributed by atoms with van der Waals surface area (Å²) in [6, 6.07) is 2.55. The predicted octanol–water partition coefficient (Wildman–Crippen LogP) is 2.71. The maximum Gasteiger partial charge on any atom is 0.194 e. The molecule has 1 unspecified atom stereocenters. The molecule has 108 valence electrons. The summed E-state index contributed by atoms with van der Waals surface area (Å²) in [4.78, 5) is 2.12. The summed E-state index contributed by atoms with van der Waals surface area (Å²) in [5.41, 5.74) is 0.475. The van der Waals surface area contributed by atoms with Gasteiger partial charge in [0.25, 0.3) is 0 Å². The Morgan fingerprint density at radius 3 is 2.47 bits per heavy atom. The minimum absolute atomic E-state index is 0. The molecule has 2 rings (SSSR count). The number of likely N-dealkylation sites (N-methyl/N-ethyl adjacent to an activating group) is 1. The fraction of sp³-hybridized carbons (Fsp3) is 0.538. The van der Waals surface area contributed by atoms with Crippen LogP contribution >= 0.6 is 12.4 Å². The van der Waals surface area contributed by atoms with E-state index >= 15 is 0 Å². The molecule has 0 radical (unpaired) electrons. The van der Waals surface area contributed by atoms with Crippen molar-refractivity contribution in [3.8, 4) is 0 Å². The van der Waals surface area contributed by atoms with E-state index in [-0.39, 0.29) is 12.4 Å². The first-order valence-corrected chi connectivity index (χ1v) is 6.13. The number of benzene rings is 1. The molecule has 1 aliphatic rings. The molecule has 0 saturated carbocycles. The third-order valence-corrected chi connectivity index (χ3v) is 3.36. The van der Waals surface area contributed by atoms with Crippen molar-refractivity contribution in [3.05, 3.63) is 35.1 Å². The predicted molar refractivity (Wildman–Crippen MR) is 70.9 cm³/mol. The van der Waals surface area contributed by atoms with Gasteiger partial charge < -0.3 is 5.32 Å². The number of likely N-dealkylation sites (tertiary alicyclic amines) is 1. The Bertz CT molecular complexity index is 405. The van der Waals surface area contributed by atoms with Gasteiger partial charge in [-0.05, 0) is 44.1 Å². The summed E-state index contributed by atoms with van der Waals surface area (Å²) in [6.07, 6.45) is 2.16. The summed E-state index contributed by atoms with van der Waals surface area (Å²) in [5.74, 6) is -3.63. The Hall–Kier alpha value is -0.780. The van der Waals surface area contributed by atoms with E-state index in [0.29, 0.717) is 18.2 Å². The third kappa shape index (κ3) is 4.09. The highest BCUT2D eigenvalue weighted by molar-refractivity contribution is 5.85. The van der Waals surface area contributed by atoms with Gasteiger partial charge in [-0.1, -0.05) is 0 Å².